The predicted molar refractivity (Wildman–Crippen MR) is 75.5 cm³/mol. The van der Waals surface area contributed by atoms with Crippen LogP contribution in [0.1, 0.15) is 18.4 Å². The molecule has 0 spiro atoms. The van der Waals surface area contributed by atoms with Gasteiger partial charge in [-0.3, -0.25) is 0 Å². The molecule has 1 fully saturated rings. The fraction of sp³-hybridized carbons (Fsp3) is 0.125. The predicted octanol–water partition coefficient (Wildman–Crippen LogP) is 4.11. The van der Waals surface area contributed by atoms with Crippen molar-refractivity contribution in [3.05, 3.63) is 72.4 Å². The summed E-state index contributed by atoms with van der Waals surface area (Å²) in [6.45, 7) is 7.62. The van der Waals surface area contributed by atoms with Gasteiger partial charge in [0.1, 0.15) is 0 Å². The molecule has 2 N–H and O–H groups in total. The van der Waals surface area contributed by atoms with Crippen molar-refractivity contribution >= 4 is 11.3 Å². The first-order valence-electron chi connectivity index (χ1n) is 5.80. The first-order valence-corrected chi connectivity index (χ1v) is 5.80. The molecule has 0 saturated heterocycles. The van der Waals surface area contributed by atoms with Crippen LogP contribution in [0.2, 0.25) is 0 Å². The van der Waals surface area contributed by atoms with Crippen LogP contribution in [0.3, 0.4) is 0 Å². The van der Waals surface area contributed by atoms with Gasteiger partial charge in [-0.15, -0.1) is 0 Å². The van der Waals surface area contributed by atoms with Gasteiger partial charge in [0.2, 0.25) is 0 Å². The van der Waals surface area contributed by atoms with E-state index in [0.29, 0.717) is 0 Å². The van der Waals surface area contributed by atoms with Gasteiger partial charge in [-0.05, 0) is 30.1 Å². The Hall–Kier alpha value is -2.02. The van der Waals surface area contributed by atoms with Crippen molar-refractivity contribution in [3.8, 4) is 0 Å². The van der Waals surface area contributed by atoms with Crippen LogP contribution >= 0.6 is 0 Å². The van der Waals surface area contributed by atoms with Crippen LogP contribution in [0.5, 0.6) is 0 Å². The number of nitrogens with two attached hydrogens (primary N) is 1. The second-order valence-corrected chi connectivity index (χ2v) is 4.13. The van der Waals surface area contributed by atoms with E-state index >= 15 is 0 Å². The Morgan fingerprint density at radius 3 is 2.41 bits per heavy atom. The molecule has 0 aliphatic heterocycles. The van der Waals surface area contributed by atoms with Crippen molar-refractivity contribution in [2.24, 2.45) is 0 Å². The van der Waals surface area contributed by atoms with Gasteiger partial charge in [-0.25, -0.2) is 0 Å². The molecular weight excluding hydrogens is 206 g/mol. The van der Waals surface area contributed by atoms with Crippen LogP contribution < -0.4 is 5.73 Å². The molecule has 0 radical (unpaired) electrons. The highest BCUT2D eigenvalue weighted by molar-refractivity contribution is 5.90. The quantitative estimate of drug-likeness (QED) is 0.603. The summed E-state index contributed by atoms with van der Waals surface area (Å²) in [4.78, 5) is 0. The van der Waals surface area contributed by atoms with Crippen molar-refractivity contribution in [1.29, 1.82) is 0 Å². The van der Waals surface area contributed by atoms with Crippen molar-refractivity contribution in [1.82, 2.24) is 0 Å². The van der Waals surface area contributed by atoms with Gasteiger partial charge in [0.25, 0.3) is 0 Å². The number of benzene rings is 1. The molecule has 0 unspecified atom stereocenters. The maximum absolute atomic E-state index is 6.05. The van der Waals surface area contributed by atoms with E-state index in [1.54, 1.807) is 6.08 Å². The smallest absolute Gasteiger partial charge is 0.0393 e. The second kappa shape index (κ2) is 4.88. The Bertz CT molecular complexity index is 512. The molecule has 1 heteroatoms. The molecule has 0 aromatic heterocycles. The molecule has 0 atom stereocenters. The average molecular weight is 223 g/mol. The lowest BCUT2D eigenvalue weighted by molar-refractivity contribution is 1.50. The lowest BCUT2D eigenvalue weighted by Gasteiger charge is -2.11. The number of anilines is 1. The highest BCUT2D eigenvalue weighted by atomic mass is 14.6. The van der Waals surface area contributed by atoms with Gasteiger partial charge in [0.05, 0.1) is 0 Å². The Balaban J connectivity index is 2.56. The molecule has 2 rings (SSSR count). The SMILES string of the molecule is C=C/C=C(\C=C)C(=C1CC1)c1ccccc1N. The average Bonchev–Trinajstić information content (AvgIpc) is 3.15. The van der Waals surface area contributed by atoms with Crippen LogP contribution in [-0.2, 0) is 0 Å². The molecule has 0 amide bonds. The summed E-state index contributed by atoms with van der Waals surface area (Å²) < 4.78 is 0. The lowest BCUT2D eigenvalue weighted by atomic mass is 9.95. The zero-order valence-corrected chi connectivity index (χ0v) is 9.95. The molecular formula is C16H17N. The molecule has 1 aromatic carbocycles. The van der Waals surface area contributed by atoms with Crippen LogP contribution in [0, 0.1) is 0 Å². The van der Waals surface area contributed by atoms with E-state index in [0.717, 1.165) is 29.7 Å². The van der Waals surface area contributed by atoms with Crippen LogP contribution in [-0.4, -0.2) is 0 Å². The summed E-state index contributed by atoms with van der Waals surface area (Å²) in [6.07, 6.45) is 7.96. The minimum Gasteiger partial charge on any atom is -0.398 e. The van der Waals surface area contributed by atoms with Crippen LogP contribution in [0.4, 0.5) is 5.69 Å². The zero-order valence-electron chi connectivity index (χ0n) is 9.95. The van der Waals surface area contributed by atoms with Gasteiger partial charge in [0, 0.05) is 11.3 Å². The fourth-order valence-corrected chi connectivity index (χ4v) is 1.97. The number of nitrogen functional groups attached to an aromatic ring is 1. The van der Waals surface area contributed by atoms with Crippen molar-refractivity contribution in [2.45, 2.75) is 12.8 Å². The first-order chi connectivity index (χ1) is 8.27. The molecule has 0 heterocycles. The largest absolute Gasteiger partial charge is 0.398 e. The maximum atomic E-state index is 6.05. The van der Waals surface area contributed by atoms with E-state index in [1.165, 1.54) is 11.1 Å². The van der Waals surface area contributed by atoms with E-state index in [1.807, 2.05) is 30.4 Å². The molecule has 1 aliphatic carbocycles. The summed E-state index contributed by atoms with van der Waals surface area (Å²) in [6, 6.07) is 7.98. The van der Waals surface area contributed by atoms with E-state index < -0.39 is 0 Å². The zero-order chi connectivity index (χ0) is 12.3. The molecule has 17 heavy (non-hydrogen) atoms. The summed E-state index contributed by atoms with van der Waals surface area (Å²) in [5.74, 6) is 0. The van der Waals surface area contributed by atoms with E-state index in [-0.39, 0.29) is 0 Å². The van der Waals surface area contributed by atoms with Crippen molar-refractivity contribution in [2.75, 3.05) is 5.73 Å². The Morgan fingerprint density at radius 2 is 1.88 bits per heavy atom. The third-order valence-electron chi connectivity index (χ3n) is 2.89. The Labute approximate surface area is 103 Å². The highest BCUT2D eigenvalue weighted by Crippen LogP contribution is 2.42. The van der Waals surface area contributed by atoms with E-state index in [9.17, 15) is 0 Å². The van der Waals surface area contributed by atoms with Gasteiger partial charge >= 0.3 is 0 Å². The molecule has 1 saturated carbocycles. The molecule has 86 valence electrons. The summed E-state index contributed by atoms with van der Waals surface area (Å²) in [5, 5.41) is 0. The maximum Gasteiger partial charge on any atom is 0.0393 e. The van der Waals surface area contributed by atoms with Gasteiger partial charge in [-0.2, -0.15) is 0 Å². The highest BCUT2D eigenvalue weighted by Gasteiger charge is 2.21. The summed E-state index contributed by atoms with van der Waals surface area (Å²) in [5.41, 5.74) is 11.8. The normalized spacial score (nSPS) is 14.4. The topological polar surface area (TPSA) is 26.0 Å². The molecule has 1 nitrogen and oxygen atoms in total. The third kappa shape index (κ3) is 2.39. The number of para-hydroxylation sites is 1. The Morgan fingerprint density at radius 1 is 1.18 bits per heavy atom. The van der Waals surface area contributed by atoms with Gasteiger partial charge in [-0.1, -0.05) is 55.2 Å². The van der Waals surface area contributed by atoms with Gasteiger partial charge < -0.3 is 5.73 Å². The molecule has 1 aliphatic rings. The van der Waals surface area contributed by atoms with E-state index in [4.69, 9.17) is 5.73 Å². The van der Waals surface area contributed by atoms with Crippen LogP contribution in [0.15, 0.2) is 66.8 Å². The Kier molecular flexibility index (Phi) is 3.29. The summed E-state index contributed by atoms with van der Waals surface area (Å²) >= 11 is 0. The van der Waals surface area contributed by atoms with Crippen LogP contribution in [0.25, 0.3) is 5.57 Å². The van der Waals surface area contributed by atoms with Crippen molar-refractivity contribution < 1.29 is 0 Å². The standard InChI is InChI=1S/C16H17N/c1-3-7-12(4-2)16(13-10-11-13)14-8-5-6-9-15(14)17/h3-9H,1-2,10-11,17H2/b12-7+. The molecule has 0 bridgehead atoms. The number of allylic oxidation sites excluding steroid dienone is 6. The third-order valence-corrected chi connectivity index (χ3v) is 2.89. The number of hydrogen-bond acceptors (Lipinski definition) is 1. The summed E-state index contributed by atoms with van der Waals surface area (Å²) in [7, 11) is 0. The monoisotopic (exact) mass is 223 g/mol. The minimum atomic E-state index is 0.818. The van der Waals surface area contributed by atoms with E-state index in [2.05, 4.69) is 19.2 Å². The van der Waals surface area contributed by atoms with Gasteiger partial charge in [0.15, 0.2) is 0 Å². The number of hydrogen-bond donors (Lipinski definition) is 1. The minimum absolute atomic E-state index is 0.818. The number of rotatable bonds is 4. The second-order valence-electron chi connectivity index (χ2n) is 4.13. The first kappa shape index (κ1) is 11.5. The van der Waals surface area contributed by atoms with Crippen molar-refractivity contribution in [3.63, 3.8) is 0 Å². The fourth-order valence-electron chi connectivity index (χ4n) is 1.97. The lowest BCUT2D eigenvalue weighted by Crippen LogP contribution is -1.95. The molecule has 1 aromatic rings.